The summed E-state index contributed by atoms with van der Waals surface area (Å²) in [5, 5.41) is 30.8. The molecule has 0 atom stereocenters. The number of para-hydroxylation sites is 2. The van der Waals surface area contributed by atoms with Crippen LogP contribution in [-0.4, -0.2) is 33.7 Å². The van der Waals surface area contributed by atoms with Crippen LogP contribution in [0.5, 0.6) is 0 Å². The van der Waals surface area contributed by atoms with Gasteiger partial charge in [0.05, 0.1) is 33.4 Å². The van der Waals surface area contributed by atoms with Crippen molar-refractivity contribution in [1.29, 1.82) is 0 Å². The normalized spacial score (nSPS) is 11.1. The molecule has 0 aliphatic carbocycles. The van der Waals surface area contributed by atoms with Gasteiger partial charge in [0, 0.05) is 66.5 Å². The molecule has 0 saturated heterocycles. The first-order chi connectivity index (χ1) is 26.5. The number of fused-ring (bicyclic) bond motifs is 2. The Morgan fingerprint density at radius 2 is 0.931 bits per heavy atom. The van der Waals surface area contributed by atoms with Gasteiger partial charge in [-0.3, -0.25) is 9.59 Å². The van der Waals surface area contributed by atoms with E-state index < -0.39 is 23.8 Å². The number of anilines is 2. The molecule has 0 aliphatic heterocycles. The number of H-pyrrole nitrogens is 2. The molecular weight excluding hydrogens is 812 g/mol. The molecule has 6 aromatic rings. The summed E-state index contributed by atoms with van der Waals surface area (Å²) in [5.74, 6) is -3.12. The van der Waals surface area contributed by atoms with Crippen LogP contribution >= 0.6 is 46.4 Å². The third-order valence-corrected chi connectivity index (χ3v) is 9.63. The van der Waals surface area contributed by atoms with E-state index in [1.165, 1.54) is 36.4 Å². The van der Waals surface area contributed by atoms with Crippen molar-refractivity contribution in [3.05, 3.63) is 139 Å². The van der Waals surface area contributed by atoms with Crippen molar-refractivity contribution in [3.8, 4) is 0 Å². The van der Waals surface area contributed by atoms with E-state index in [9.17, 15) is 29.4 Å². The molecule has 0 radical (unpaired) electrons. The summed E-state index contributed by atoms with van der Waals surface area (Å²) in [5.41, 5.74) is 4.47. The van der Waals surface area contributed by atoms with Crippen LogP contribution in [0.25, 0.3) is 34.0 Å². The van der Waals surface area contributed by atoms with E-state index >= 15 is 0 Å². The monoisotopic (exact) mass is 844 g/mol. The molecule has 288 valence electrons. The number of amides is 2. The van der Waals surface area contributed by atoms with Crippen molar-refractivity contribution in [2.75, 3.05) is 10.6 Å². The van der Waals surface area contributed by atoms with E-state index in [2.05, 4.69) is 20.6 Å². The van der Waals surface area contributed by atoms with Crippen molar-refractivity contribution < 1.29 is 67.1 Å². The van der Waals surface area contributed by atoms with Crippen LogP contribution in [0.1, 0.15) is 82.8 Å². The summed E-state index contributed by atoms with van der Waals surface area (Å²) < 4.78 is 0. The average molecular weight is 846 g/mol. The molecule has 0 spiro atoms. The summed E-state index contributed by atoms with van der Waals surface area (Å²) in [6.45, 7) is 8.14. The summed E-state index contributed by atoms with van der Waals surface area (Å²) in [6.07, 6.45) is 5.32. The molecule has 4 N–H and O–H groups in total. The first kappa shape index (κ1) is 48.0. The third-order valence-electron chi connectivity index (χ3n) is 8.60. The number of hydrogen-bond donors (Lipinski definition) is 4. The molecule has 0 saturated carbocycles. The second kappa shape index (κ2) is 21.1. The maximum atomic E-state index is 12.4. The standard InChI is InChI=1S/2C21H18Cl2N2O3.2Li/c2*1-11(2)13-5-3-4-6-16(13)24-18(26)8-7-14-19-15(23)9-12(22)10-17(19)25-20(14)21(27)28;;/h2*3-11,25H,1-2H3,(H,24,26)(H,27,28);;/q;;2*+1/p-2/b2*8-7+;;. The van der Waals surface area contributed by atoms with Gasteiger partial charge >= 0.3 is 37.7 Å². The predicted molar refractivity (Wildman–Crippen MR) is 222 cm³/mol. The molecule has 2 heterocycles. The predicted octanol–water partition coefficient (Wildman–Crippen LogP) is 3.24. The maximum Gasteiger partial charge on any atom is 1.00 e. The molecule has 0 aliphatic rings. The molecule has 0 bridgehead atoms. The van der Waals surface area contributed by atoms with E-state index in [1.54, 1.807) is 12.1 Å². The zero-order chi connectivity index (χ0) is 40.8. The zero-order valence-electron chi connectivity index (χ0n) is 32.4. The molecule has 58 heavy (non-hydrogen) atoms. The number of carboxylic acid groups (broad SMARTS) is 2. The van der Waals surface area contributed by atoms with Crippen LogP contribution in [0.3, 0.4) is 0 Å². The SMILES string of the molecule is CC(C)c1ccccc1NC(=O)/C=C/c1c(C(=O)[O-])[nH]c2cc(Cl)cc(Cl)c12.CC(C)c1ccccc1NC(=O)/C=C/c1c(C(=O)[O-])[nH]c2cc(Cl)cc(Cl)c12.[Li+].[Li+]. The minimum Gasteiger partial charge on any atom is -0.543 e. The van der Waals surface area contributed by atoms with Crippen LogP contribution in [0, 0.1) is 0 Å². The van der Waals surface area contributed by atoms with Crippen molar-refractivity contribution in [3.63, 3.8) is 0 Å². The fraction of sp³-hybridized carbons (Fsp3) is 0.143. The van der Waals surface area contributed by atoms with Gasteiger partial charge in [-0.25, -0.2) is 0 Å². The first-order valence-corrected chi connectivity index (χ1v) is 18.7. The number of rotatable bonds is 10. The van der Waals surface area contributed by atoms with Gasteiger partial charge in [0.2, 0.25) is 11.8 Å². The Morgan fingerprint density at radius 3 is 1.26 bits per heavy atom. The van der Waals surface area contributed by atoms with Crippen LogP contribution in [0.15, 0.2) is 84.9 Å². The number of benzene rings is 4. The van der Waals surface area contributed by atoms with Gasteiger partial charge < -0.3 is 40.4 Å². The topological polar surface area (TPSA) is 170 Å². The van der Waals surface area contributed by atoms with Crippen LogP contribution in [0.4, 0.5) is 11.4 Å². The number of hydrogen-bond acceptors (Lipinski definition) is 6. The van der Waals surface area contributed by atoms with E-state index in [0.717, 1.165) is 11.1 Å². The van der Waals surface area contributed by atoms with Crippen LogP contribution in [0.2, 0.25) is 20.1 Å². The number of aromatic nitrogens is 2. The summed E-state index contributed by atoms with van der Waals surface area (Å²) in [4.78, 5) is 53.3. The Morgan fingerprint density at radius 1 is 0.586 bits per heavy atom. The Hall–Kier alpha value is -4.33. The van der Waals surface area contributed by atoms with Crippen molar-refractivity contribution in [1.82, 2.24) is 9.97 Å². The fourth-order valence-corrected chi connectivity index (χ4v) is 7.29. The number of carbonyl (C=O) groups excluding carboxylic acids is 4. The summed E-state index contributed by atoms with van der Waals surface area (Å²) in [6, 6.07) is 21.2. The summed E-state index contributed by atoms with van der Waals surface area (Å²) >= 11 is 24.4. The average Bonchev–Trinajstić information content (AvgIpc) is 3.69. The fourth-order valence-electron chi connectivity index (χ4n) is 6.10. The number of carbonyl (C=O) groups is 4. The quantitative estimate of drug-likeness (QED) is 0.122. The van der Waals surface area contributed by atoms with E-state index in [0.29, 0.717) is 43.2 Å². The van der Waals surface area contributed by atoms with Crippen molar-refractivity contribution in [2.24, 2.45) is 0 Å². The van der Waals surface area contributed by atoms with Gasteiger partial charge in [0.1, 0.15) is 0 Å². The number of nitrogens with one attached hydrogen (secondary N) is 4. The van der Waals surface area contributed by atoms with E-state index in [1.807, 2.05) is 76.2 Å². The molecule has 2 amide bonds. The van der Waals surface area contributed by atoms with Gasteiger partial charge in [0.25, 0.3) is 0 Å². The Kier molecular flexibility index (Phi) is 17.5. The largest absolute Gasteiger partial charge is 1.00 e. The zero-order valence-corrected chi connectivity index (χ0v) is 35.4. The van der Waals surface area contributed by atoms with Gasteiger partial charge in [-0.15, -0.1) is 0 Å². The molecular formula is C42H34Cl4Li2N4O6. The third kappa shape index (κ3) is 11.4. The molecule has 6 rings (SSSR count). The van der Waals surface area contributed by atoms with Gasteiger partial charge in [-0.05, 0) is 71.5 Å². The van der Waals surface area contributed by atoms with Crippen LogP contribution in [-0.2, 0) is 9.59 Å². The van der Waals surface area contributed by atoms with Gasteiger partial charge in [-0.2, -0.15) is 0 Å². The second-order valence-corrected chi connectivity index (χ2v) is 14.8. The van der Waals surface area contributed by atoms with Crippen molar-refractivity contribution >= 4 is 115 Å². The number of carboxylic acids is 2. The smallest absolute Gasteiger partial charge is 0.543 e. The Labute approximate surface area is 378 Å². The van der Waals surface area contributed by atoms with E-state index in [4.69, 9.17) is 46.4 Å². The number of aromatic amines is 2. The van der Waals surface area contributed by atoms with Gasteiger partial charge in [0.15, 0.2) is 0 Å². The molecule has 16 heteroatoms. The van der Waals surface area contributed by atoms with Crippen molar-refractivity contribution in [2.45, 2.75) is 39.5 Å². The van der Waals surface area contributed by atoms with E-state index in [-0.39, 0.29) is 82.1 Å². The molecule has 0 fully saturated rings. The molecule has 4 aromatic carbocycles. The second-order valence-electron chi connectivity index (χ2n) is 13.2. The first-order valence-electron chi connectivity index (χ1n) is 17.2. The Bertz CT molecular complexity index is 2390. The molecule has 10 nitrogen and oxygen atoms in total. The molecule has 2 aromatic heterocycles. The van der Waals surface area contributed by atoms with Crippen LogP contribution < -0.4 is 58.6 Å². The number of aromatic carboxylic acids is 2. The van der Waals surface area contributed by atoms with Gasteiger partial charge in [-0.1, -0.05) is 110 Å². The maximum absolute atomic E-state index is 12.4. The minimum atomic E-state index is -1.41. The summed E-state index contributed by atoms with van der Waals surface area (Å²) in [7, 11) is 0. The minimum absolute atomic E-state index is 0. The number of halogens is 4. The molecule has 0 unspecified atom stereocenters. The Balaban J connectivity index is 0.000000300.